The van der Waals surface area contributed by atoms with E-state index in [2.05, 4.69) is 10.3 Å². The number of carbonyl (C=O) groups excluding carboxylic acids is 3. The number of likely N-dealkylation sites (tertiary alicyclic amines) is 1. The van der Waals surface area contributed by atoms with E-state index < -0.39 is 6.04 Å². The highest BCUT2D eigenvalue weighted by atomic mass is 32.1. The Bertz CT molecular complexity index is 787. The van der Waals surface area contributed by atoms with Crippen molar-refractivity contribution in [1.82, 2.24) is 9.88 Å². The van der Waals surface area contributed by atoms with Crippen LogP contribution in [0.3, 0.4) is 0 Å². The summed E-state index contributed by atoms with van der Waals surface area (Å²) in [6, 6.07) is 6.84. The summed E-state index contributed by atoms with van der Waals surface area (Å²) in [5, 5.41) is 5.07. The number of aromatic nitrogens is 1. The molecule has 0 spiro atoms. The molecule has 3 rings (SSSR count). The van der Waals surface area contributed by atoms with E-state index in [1.54, 1.807) is 28.6 Å². The number of benzene rings is 1. The Morgan fingerprint density at radius 1 is 1.23 bits per heavy atom. The Balaban J connectivity index is 1.55. The maximum Gasteiger partial charge on any atom is 0.248 e. The average molecular weight is 371 g/mol. The molecule has 7 heteroatoms. The maximum atomic E-state index is 12.5. The normalized spacial score (nSPS) is 16.5. The molecule has 0 saturated carbocycles. The van der Waals surface area contributed by atoms with Gasteiger partial charge < -0.3 is 10.2 Å². The third-order valence-electron chi connectivity index (χ3n) is 4.48. The van der Waals surface area contributed by atoms with Gasteiger partial charge in [-0.3, -0.25) is 14.4 Å². The van der Waals surface area contributed by atoms with Gasteiger partial charge in [-0.1, -0.05) is 29.8 Å². The van der Waals surface area contributed by atoms with Crippen LogP contribution in [-0.4, -0.2) is 40.1 Å². The Hall–Kier alpha value is -2.54. The minimum atomic E-state index is -0.485. The molecule has 0 aliphatic carbocycles. The number of anilines is 1. The first-order chi connectivity index (χ1) is 12.5. The fourth-order valence-electron chi connectivity index (χ4n) is 3.06. The lowest BCUT2D eigenvalue weighted by Crippen LogP contribution is -2.43. The SMILES string of the molecule is Cc1ccc(C(=O)CCC(=O)N2CCC[C@H]2C(=O)Nc2nccs2)cc1. The first kappa shape index (κ1) is 18.3. The van der Waals surface area contributed by atoms with E-state index >= 15 is 0 Å². The Morgan fingerprint density at radius 3 is 2.69 bits per heavy atom. The third-order valence-corrected chi connectivity index (χ3v) is 5.17. The zero-order valence-corrected chi connectivity index (χ0v) is 15.4. The zero-order chi connectivity index (χ0) is 18.5. The van der Waals surface area contributed by atoms with Gasteiger partial charge in [-0.2, -0.15) is 0 Å². The standard InChI is InChI=1S/C19H21N3O3S/c1-13-4-6-14(7-5-13)16(23)8-9-17(24)22-11-2-3-15(22)18(25)21-19-20-10-12-26-19/h4-7,10,12,15H,2-3,8-9,11H2,1H3,(H,20,21,25)/t15-/m0/s1. The van der Waals surface area contributed by atoms with Crippen LogP contribution in [0.25, 0.3) is 0 Å². The lowest BCUT2D eigenvalue weighted by Gasteiger charge is -2.23. The minimum absolute atomic E-state index is 0.0543. The van der Waals surface area contributed by atoms with Gasteiger partial charge in [-0.25, -0.2) is 4.98 Å². The van der Waals surface area contributed by atoms with Gasteiger partial charge in [0.05, 0.1) is 0 Å². The molecule has 1 N–H and O–H groups in total. The van der Waals surface area contributed by atoms with Crippen molar-refractivity contribution in [2.75, 3.05) is 11.9 Å². The Morgan fingerprint density at radius 2 is 2.00 bits per heavy atom. The predicted molar refractivity (Wildman–Crippen MR) is 100 cm³/mol. The van der Waals surface area contributed by atoms with Gasteiger partial charge in [0, 0.05) is 36.5 Å². The molecular formula is C19H21N3O3S. The topological polar surface area (TPSA) is 79.4 Å². The number of ketones is 1. The first-order valence-electron chi connectivity index (χ1n) is 8.64. The lowest BCUT2D eigenvalue weighted by molar-refractivity contribution is -0.136. The number of nitrogens with one attached hydrogen (secondary N) is 1. The molecule has 1 aliphatic rings. The summed E-state index contributed by atoms with van der Waals surface area (Å²) in [5.74, 6) is -0.417. The summed E-state index contributed by atoms with van der Waals surface area (Å²) in [5.41, 5.74) is 1.70. The molecule has 1 saturated heterocycles. The predicted octanol–water partition coefficient (Wildman–Crippen LogP) is 3.04. The molecule has 0 radical (unpaired) electrons. The fourth-order valence-corrected chi connectivity index (χ4v) is 3.59. The molecule has 6 nitrogen and oxygen atoms in total. The van der Waals surface area contributed by atoms with E-state index in [0.717, 1.165) is 12.0 Å². The zero-order valence-electron chi connectivity index (χ0n) is 14.6. The molecule has 1 fully saturated rings. The van der Waals surface area contributed by atoms with Crippen LogP contribution in [0.15, 0.2) is 35.8 Å². The van der Waals surface area contributed by atoms with Crippen LogP contribution in [0.2, 0.25) is 0 Å². The van der Waals surface area contributed by atoms with Crippen molar-refractivity contribution >= 4 is 34.1 Å². The van der Waals surface area contributed by atoms with Crippen molar-refractivity contribution in [3.05, 3.63) is 47.0 Å². The lowest BCUT2D eigenvalue weighted by atomic mass is 10.0. The molecule has 2 aromatic rings. The van der Waals surface area contributed by atoms with Crippen LogP contribution in [0, 0.1) is 6.92 Å². The number of carbonyl (C=O) groups is 3. The van der Waals surface area contributed by atoms with Crippen molar-refractivity contribution in [3.8, 4) is 0 Å². The molecule has 1 aromatic carbocycles. The monoisotopic (exact) mass is 371 g/mol. The van der Waals surface area contributed by atoms with E-state index in [4.69, 9.17) is 0 Å². The van der Waals surface area contributed by atoms with Crippen LogP contribution < -0.4 is 5.32 Å². The molecular weight excluding hydrogens is 350 g/mol. The smallest absolute Gasteiger partial charge is 0.248 e. The van der Waals surface area contributed by atoms with Crippen LogP contribution in [-0.2, 0) is 9.59 Å². The molecule has 1 aliphatic heterocycles. The highest BCUT2D eigenvalue weighted by molar-refractivity contribution is 7.13. The van der Waals surface area contributed by atoms with Gasteiger partial charge >= 0.3 is 0 Å². The summed E-state index contributed by atoms with van der Waals surface area (Å²) in [4.78, 5) is 42.8. The van der Waals surface area contributed by atoms with Crippen molar-refractivity contribution in [2.45, 2.75) is 38.6 Å². The Kier molecular flexibility index (Phi) is 5.78. The van der Waals surface area contributed by atoms with Gasteiger partial charge in [0.1, 0.15) is 6.04 Å². The molecule has 0 bridgehead atoms. The van der Waals surface area contributed by atoms with E-state index in [1.807, 2.05) is 19.1 Å². The van der Waals surface area contributed by atoms with Crippen LogP contribution in [0.5, 0.6) is 0 Å². The van der Waals surface area contributed by atoms with Crippen LogP contribution >= 0.6 is 11.3 Å². The number of Topliss-reactive ketones (excluding diaryl/α,β-unsaturated/α-hetero) is 1. The van der Waals surface area contributed by atoms with Gasteiger partial charge in [0.2, 0.25) is 11.8 Å². The number of hydrogen-bond acceptors (Lipinski definition) is 5. The molecule has 0 unspecified atom stereocenters. The second-order valence-corrected chi connectivity index (χ2v) is 7.26. The number of thiazole rings is 1. The quantitative estimate of drug-likeness (QED) is 0.792. The highest BCUT2D eigenvalue weighted by Crippen LogP contribution is 2.21. The van der Waals surface area contributed by atoms with Crippen molar-refractivity contribution < 1.29 is 14.4 Å². The van der Waals surface area contributed by atoms with Crippen molar-refractivity contribution in [2.24, 2.45) is 0 Å². The molecule has 2 amide bonds. The number of amides is 2. The molecule has 2 heterocycles. The Labute approximate surface area is 156 Å². The second kappa shape index (κ2) is 8.23. The largest absolute Gasteiger partial charge is 0.331 e. The van der Waals surface area contributed by atoms with Crippen molar-refractivity contribution in [3.63, 3.8) is 0 Å². The van der Waals surface area contributed by atoms with Gasteiger partial charge in [0.15, 0.2) is 10.9 Å². The summed E-state index contributed by atoms with van der Waals surface area (Å²) >= 11 is 1.34. The molecule has 1 aromatic heterocycles. The summed E-state index contributed by atoms with van der Waals surface area (Å²) < 4.78 is 0. The van der Waals surface area contributed by atoms with Crippen LogP contribution in [0.1, 0.15) is 41.6 Å². The number of nitrogens with zero attached hydrogens (tertiary/aromatic N) is 2. The fraction of sp³-hybridized carbons (Fsp3) is 0.368. The van der Waals surface area contributed by atoms with Gasteiger partial charge in [-0.05, 0) is 19.8 Å². The third kappa shape index (κ3) is 4.35. The molecule has 26 heavy (non-hydrogen) atoms. The minimum Gasteiger partial charge on any atom is -0.331 e. The van der Waals surface area contributed by atoms with Crippen LogP contribution in [0.4, 0.5) is 5.13 Å². The summed E-state index contributed by atoms with van der Waals surface area (Å²) in [6.07, 6.45) is 3.31. The second-order valence-electron chi connectivity index (χ2n) is 6.36. The highest BCUT2D eigenvalue weighted by Gasteiger charge is 2.34. The van der Waals surface area contributed by atoms with Crippen molar-refractivity contribution in [1.29, 1.82) is 0 Å². The number of aryl methyl sites for hydroxylation is 1. The molecule has 136 valence electrons. The van der Waals surface area contributed by atoms with E-state index in [9.17, 15) is 14.4 Å². The average Bonchev–Trinajstić information content (AvgIpc) is 3.31. The first-order valence-corrected chi connectivity index (χ1v) is 9.52. The van der Waals surface area contributed by atoms with Gasteiger partial charge in [0.25, 0.3) is 0 Å². The molecule has 1 atom stereocenters. The number of rotatable bonds is 6. The summed E-state index contributed by atoms with van der Waals surface area (Å²) in [6.45, 7) is 2.51. The van der Waals surface area contributed by atoms with Gasteiger partial charge in [-0.15, -0.1) is 11.3 Å². The van der Waals surface area contributed by atoms with E-state index in [1.165, 1.54) is 11.3 Å². The van der Waals surface area contributed by atoms with E-state index in [0.29, 0.717) is 23.7 Å². The number of hydrogen-bond donors (Lipinski definition) is 1. The van der Waals surface area contributed by atoms with E-state index in [-0.39, 0.29) is 30.4 Å². The summed E-state index contributed by atoms with van der Waals surface area (Å²) in [7, 11) is 0. The maximum absolute atomic E-state index is 12.5.